The van der Waals surface area contributed by atoms with E-state index in [0.717, 1.165) is 5.56 Å². The number of esters is 1. The molecule has 1 spiro atoms. The molecule has 2 aromatic rings. The number of carbonyl (C=O) groups excluding carboxylic acids is 3. The minimum absolute atomic E-state index is 0.142. The Hall–Kier alpha value is -3.43. The molecule has 3 fully saturated rings. The molecule has 2 amide bonds. The number of carbonyl (C=O) groups is 3. The van der Waals surface area contributed by atoms with Crippen LogP contribution in [-0.2, 0) is 35.1 Å². The third-order valence-electron chi connectivity index (χ3n) is 6.38. The highest BCUT2D eigenvalue weighted by molar-refractivity contribution is 6.24. The van der Waals surface area contributed by atoms with Crippen molar-refractivity contribution in [3.63, 3.8) is 0 Å². The molecular weight excluding hydrogens is 440 g/mol. The first-order valence-corrected chi connectivity index (χ1v) is 11.1. The number of β-lactam (4-membered cyclic amide) rings is 1. The fourth-order valence-corrected chi connectivity index (χ4v) is 4.84. The Kier molecular flexibility index (Phi) is 5.33. The third kappa shape index (κ3) is 3.52. The van der Waals surface area contributed by atoms with E-state index in [9.17, 15) is 14.4 Å². The molecule has 3 aliphatic rings. The molecule has 178 valence electrons. The van der Waals surface area contributed by atoms with Gasteiger partial charge in [0.25, 0.3) is 17.4 Å². The van der Waals surface area contributed by atoms with Crippen LogP contribution in [0, 0.1) is 0 Å². The van der Waals surface area contributed by atoms with Crippen LogP contribution < -0.4 is 9.64 Å². The summed E-state index contributed by atoms with van der Waals surface area (Å²) in [5.41, 5.74) is -0.616. The number of anilines is 1. The van der Waals surface area contributed by atoms with Crippen LogP contribution in [0.25, 0.3) is 0 Å². The maximum Gasteiger partial charge on any atom is 0.327 e. The molecule has 3 heterocycles. The lowest BCUT2D eigenvalue weighted by Gasteiger charge is -2.57. The Morgan fingerprint density at radius 1 is 1.00 bits per heavy atom. The van der Waals surface area contributed by atoms with E-state index in [2.05, 4.69) is 0 Å². The summed E-state index contributed by atoms with van der Waals surface area (Å²) >= 11 is 0. The van der Waals surface area contributed by atoms with Crippen LogP contribution in [0.2, 0.25) is 0 Å². The number of hydrogen-bond donors (Lipinski definition) is 0. The molecule has 3 saturated heterocycles. The molecule has 3 atom stereocenters. The molecule has 0 N–H and O–H groups in total. The number of methoxy groups -OCH3 is 1. The summed E-state index contributed by atoms with van der Waals surface area (Å²) in [6.45, 7) is 3.61. The highest BCUT2D eigenvalue weighted by atomic mass is 16.7. The van der Waals surface area contributed by atoms with Crippen LogP contribution in [0.4, 0.5) is 5.69 Å². The first-order chi connectivity index (χ1) is 16.2. The lowest BCUT2D eigenvalue weighted by molar-refractivity contribution is -0.209. The van der Waals surface area contributed by atoms with Crippen LogP contribution in [0.15, 0.2) is 54.6 Å². The van der Waals surface area contributed by atoms with Crippen molar-refractivity contribution in [2.24, 2.45) is 0 Å². The van der Waals surface area contributed by atoms with Crippen molar-refractivity contribution in [3.05, 3.63) is 60.2 Å². The summed E-state index contributed by atoms with van der Waals surface area (Å²) < 4.78 is 22.6. The van der Waals surface area contributed by atoms with Crippen molar-refractivity contribution < 1.29 is 33.3 Å². The number of ether oxygens (including phenoxy) is 4. The summed E-state index contributed by atoms with van der Waals surface area (Å²) in [4.78, 5) is 43.0. The number of benzene rings is 2. The predicted octanol–water partition coefficient (Wildman–Crippen LogP) is 1.89. The number of rotatable bonds is 5. The molecule has 0 bridgehead atoms. The largest absolute Gasteiger partial charge is 0.497 e. The highest BCUT2D eigenvalue weighted by Gasteiger charge is 2.75. The zero-order valence-electron chi connectivity index (χ0n) is 19.2. The molecule has 0 unspecified atom stereocenters. The Balaban J connectivity index is 1.52. The second-order valence-electron chi connectivity index (χ2n) is 9.04. The first-order valence-electron chi connectivity index (χ1n) is 11.1. The smallest absolute Gasteiger partial charge is 0.327 e. The highest BCUT2D eigenvalue weighted by Crippen LogP contribution is 2.46. The van der Waals surface area contributed by atoms with Gasteiger partial charge < -0.3 is 23.8 Å². The third-order valence-corrected chi connectivity index (χ3v) is 6.38. The number of hydrogen-bond acceptors (Lipinski definition) is 7. The van der Waals surface area contributed by atoms with E-state index >= 15 is 0 Å². The van der Waals surface area contributed by atoms with E-state index in [0.29, 0.717) is 11.4 Å². The van der Waals surface area contributed by atoms with Crippen LogP contribution in [0.5, 0.6) is 5.75 Å². The van der Waals surface area contributed by atoms with E-state index in [1.165, 1.54) is 9.80 Å². The molecule has 2 aromatic carbocycles. The van der Waals surface area contributed by atoms with Gasteiger partial charge in [0.05, 0.1) is 13.7 Å². The maximum absolute atomic E-state index is 13.8. The summed E-state index contributed by atoms with van der Waals surface area (Å²) in [6, 6.07) is 15.3. The number of morpholine rings is 1. The second kappa shape index (κ2) is 8.11. The van der Waals surface area contributed by atoms with E-state index in [-0.39, 0.29) is 19.7 Å². The van der Waals surface area contributed by atoms with Gasteiger partial charge in [0, 0.05) is 12.2 Å². The van der Waals surface area contributed by atoms with Gasteiger partial charge in [-0.3, -0.25) is 19.3 Å². The Labute approximate surface area is 197 Å². The quantitative estimate of drug-likeness (QED) is 0.377. The second-order valence-corrected chi connectivity index (χ2v) is 9.04. The normalized spacial score (nSPS) is 28.1. The van der Waals surface area contributed by atoms with Crippen molar-refractivity contribution in [1.29, 1.82) is 0 Å². The molecule has 0 radical (unpaired) electrons. The van der Waals surface area contributed by atoms with Crippen LogP contribution in [0.1, 0.15) is 19.4 Å². The van der Waals surface area contributed by atoms with Crippen LogP contribution in [0.3, 0.4) is 0 Å². The van der Waals surface area contributed by atoms with Gasteiger partial charge in [-0.25, -0.2) is 0 Å². The van der Waals surface area contributed by atoms with Crippen molar-refractivity contribution in [3.8, 4) is 5.75 Å². The van der Waals surface area contributed by atoms with Gasteiger partial charge in [-0.2, -0.15) is 0 Å². The first kappa shape index (κ1) is 22.4. The van der Waals surface area contributed by atoms with Gasteiger partial charge >= 0.3 is 5.97 Å². The average Bonchev–Trinajstić information content (AvgIpc) is 3.18. The van der Waals surface area contributed by atoms with Crippen molar-refractivity contribution in [1.82, 2.24) is 4.90 Å². The molecule has 5 rings (SSSR count). The van der Waals surface area contributed by atoms with Crippen LogP contribution in [-0.4, -0.2) is 66.5 Å². The van der Waals surface area contributed by atoms with Crippen molar-refractivity contribution in [2.45, 2.75) is 43.9 Å². The van der Waals surface area contributed by atoms with E-state index < -0.39 is 41.3 Å². The van der Waals surface area contributed by atoms with Crippen LogP contribution >= 0.6 is 0 Å². The van der Waals surface area contributed by atoms with Gasteiger partial charge in [-0.15, -0.1) is 0 Å². The van der Waals surface area contributed by atoms with E-state index in [1.807, 2.05) is 30.3 Å². The van der Waals surface area contributed by atoms with E-state index in [1.54, 1.807) is 45.2 Å². The van der Waals surface area contributed by atoms with Crippen molar-refractivity contribution in [2.75, 3.05) is 25.2 Å². The van der Waals surface area contributed by atoms with Gasteiger partial charge in [0.15, 0.2) is 5.79 Å². The summed E-state index contributed by atoms with van der Waals surface area (Å²) in [5.74, 6) is -2.07. The predicted molar refractivity (Wildman–Crippen MR) is 120 cm³/mol. The number of nitrogens with zero attached hydrogens (tertiary/aromatic N) is 2. The standard InChI is InChI=1S/C25H26N2O7/c1-24(2)32-15-19(33-24)21-25(23(30)27(21)17-9-11-18(31-3)12-10-17)22(29)26(14-20(28)34-25)13-16-7-5-4-6-8-16/h4-12,19,21H,13-15H2,1-3H3/t19-,21+,25+/m1/s1. The van der Waals surface area contributed by atoms with Gasteiger partial charge in [0.2, 0.25) is 0 Å². The zero-order chi connectivity index (χ0) is 24.1. The minimum Gasteiger partial charge on any atom is -0.497 e. The van der Waals surface area contributed by atoms with Gasteiger partial charge in [-0.1, -0.05) is 30.3 Å². The fraction of sp³-hybridized carbons (Fsp3) is 0.400. The summed E-state index contributed by atoms with van der Waals surface area (Å²) in [6.07, 6.45) is -0.678. The average molecular weight is 466 g/mol. The Bertz CT molecular complexity index is 1120. The summed E-state index contributed by atoms with van der Waals surface area (Å²) in [7, 11) is 1.55. The molecule has 3 aliphatic heterocycles. The Morgan fingerprint density at radius 3 is 2.32 bits per heavy atom. The SMILES string of the molecule is COc1ccc(N2C(=O)[C@]3(OC(=O)CN(Cc4ccccc4)C3=O)[C@@H]2[C@H]2COC(C)(C)O2)cc1. The topological polar surface area (TPSA) is 94.6 Å². The van der Waals surface area contributed by atoms with Gasteiger partial charge in [-0.05, 0) is 43.7 Å². The molecule has 0 aromatic heterocycles. The molecule has 0 saturated carbocycles. The lowest BCUT2D eigenvalue weighted by Crippen LogP contribution is -2.85. The molecule has 34 heavy (non-hydrogen) atoms. The molecular formula is C25H26N2O7. The maximum atomic E-state index is 13.8. The molecule has 0 aliphatic carbocycles. The van der Waals surface area contributed by atoms with Gasteiger partial charge in [0.1, 0.15) is 24.4 Å². The summed E-state index contributed by atoms with van der Waals surface area (Å²) in [5, 5.41) is 0. The lowest BCUT2D eigenvalue weighted by atomic mass is 9.76. The minimum atomic E-state index is -2.00. The van der Waals surface area contributed by atoms with Crippen molar-refractivity contribution >= 4 is 23.5 Å². The molecule has 9 nitrogen and oxygen atoms in total. The Morgan fingerprint density at radius 2 is 1.71 bits per heavy atom. The zero-order valence-corrected chi connectivity index (χ0v) is 19.2. The fourth-order valence-electron chi connectivity index (χ4n) is 4.84. The van der Waals surface area contributed by atoms with E-state index in [4.69, 9.17) is 18.9 Å². The monoisotopic (exact) mass is 466 g/mol. The number of amides is 2. The molecule has 9 heteroatoms.